The van der Waals surface area contributed by atoms with Crippen molar-refractivity contribution in [2.45, 2.75) is 38.8 Å². The minimum Gasteiger partial charge on any atom is -0.356 e. The van der Waals surface area contributed by atoms with Crippen molar-refractivity contribution in [1.29, 1.82) is 0 Å². The summed E-state index contributed by atoms with van der Waals surface area (Å²) in [5, 5.41) is 4.89. The molecule has 0 unspecified atom stereocenters. The quantitative estimate of drug-likeness (QED) is 0.664. The maximum Gasteiger partial charge on any atom is 0.229 e. The summed E-state index contributed by atoms with van der Waals surface area (Å²) in [4.78, 5) is 29.3. The number of para-hydroxylation sites is 1. The highest BCUT2D eigenvalue weighted by atomic mass is 19.1. The summed E-state index contributed by atoms with van der Waals surface area (Å²) in [6.45, 7) is 4.72. The van der Waals surface area contributed by atoms with Crippen LogP contribution in [-0.4, -0.2) is 51.9 Å². The molecule has 2 atom stereocenters. The normalized spacial score (nSPS) is 19.3. The van der Waals surface area contributed by atoms with Crippen molar-refractivity contribution in [2.75, 3.05) is 13.1 Å². The van der Waals surface area contributed by atoms with Crippen LogP contribution in [-0.2, 0) is 22.4 Å². The van der Waals surface area contributed by atoms with Crippen molar-refractivity contribution < 1.29 is 18.5 Å². The van der Waals surface area contributed by atoms with E-state index in [0.29, 0.717) is 29.9 Å². The number of aromatic nitrogens is 1. The Morgan fingerprint density at radius 3 is 2.27 bits per heavy atom. The molecule has 2 amide bonds. The van der Waals surface area contributed by atoms with Crippen LogP contribution < -0.4 is 0 Å². The lowest BCUT2D eigenvalue weighted by molar-refractivity contribution is -0.145. The third-order valence-electron chi connectivity index (χ3n) is 5.97. The van der Waals surface area contributed by atoms with Gasteiger partial charge in [-0.3, -0.25) is 9.59 Å². The van der Waals surface area contributed by atoms with Gasteiger partial charge >= 0.3 is 0 Å². The van der Waals surface area contributed by atoms with Crippen LogP contribution >= 0.6 is 0 Å². The molecule has 156 valence electrons. The number of carbonyl (C=O) groups excluding carboxylic acids is 2. The van der Waals surface area contributed by atoms with Crippen LogP contribution in [0.25, 0.3) is 11.0 Å². The Morgan fingerprint density at radius 2 is 1.57 bits per heavy atom. The van der Waals surface area contributed by atoms with Gasteiger partial charge in [-0.1, -0.05) is 35.5 Å². The summed E-state index contributed by atoms with van der Waals surface area (Å²) < 4.78 is 19.2. The number of piperazine rings is 1. The van der Waals surface area contributed by atoms with E-state index in [0.717, 1.165) is 5.39 Å². The number of fused-ring (bicyclic) bond motifs is 1. The van der Waals surface area contributed by atoms with Gasteiger partial charge in [0.2, 0.25) is 11.8 Å². The third kappa shape index (κ3) is 3.79. The van der Waals surface area contributed by atoms with Crippen LogP contribution in [0, 0.1) is 5.82 Å². The first kappa shape index (κ1) is 20.1. The first-order chi connectivity index (χ1) is 14.5. The second-order valence-corrected chi connectivity index (χ2v) is 7.73. The van der Waals surface area contributed by atoms with E-state index in [1.54, 1.807) is 28.0 Å². The molecule has 1 fully saturated rings. The number of halogens is 1. The average molecular weight is 409 g/mol. The molecule has 7 heteroatoms. The number of hydrogen-bond acceptors (Lipinski definition) is 4. The number of nitrogens with zero attached hydrogens (tertiary/aromatic N) is 3. The minimum absolute atomic E-state index is 0.0165. The Labute approximate surface area is 174 Å². The van der Waals surface area contributed by atoms with Gasteiger partial charge in [-0.2, -0.15) is 0 Å². The molecule has 0 N–H and O–H groups in total. The van der Waals surface area contributed by atoms with Gasteiger partial charge in [0.25, 0.3) is 0 Å². The summed E-state index contributed by atoms with van der Waals surface area (Å²) in [7, 11) is 0. The van der Waals surface area contributed by atoms with Crippen LogP contribution in [0.3, 0.4) is 0 Å². The number of rotatable bonds is 4. The van der Waals surface area contributed by atoms with Crippen molar-refractivity contribution >= 4 is 22.8 Å². The maximum absolute atomic E-state index is 13.9. The number of hydrogen-bond donors (Lipinski definition) is 0. The zero-order chi connectivity index (χ0) is 21.3. The first-order valence-electron chi connectivity index (χ1n) is 10.1. The van der Waals surface area contributed by atoms with Crippen molar-refractivity contribution in [3.05, 3.63) is 65.6 Å². The predicted molar refractivity (Wildman–Crippen MR) is 110 cm³/mol. The lowest BCUT2D eigenvalue weighted by atomic mass is 10.0. The first-order valence-corrected chi connectivity index (χ1v) is 10.1. The number of amides is 2. The lowest BCUT2D eigenvalue weighted by Crippen LogP contribution is -2.60. The SMILES string of the molecule is C[C@@H]1[C@@H](C)N(C(=O)Cc2noc3ccccc23)CCN1C(=O)Cc1ccccc1F. The average Bonchev–Trinajstić information content (AvgIpc) is 3.14. The van der Waals surface area contributed by atoms with Crippen LogP contribution in [0.5, 0.6) is 0 Å². The molecule has 0 aliphatic carbocycles. The molecule has 2 aromatic carbocycles. The van der Waals surface area contributed by atoms with Gasteiger partial charge in [-0.15, -0.1) is 0 Å². The Kier molecular flexibility index (Phi) is 5.53. The molecule has 0 spiro atoms. The smallest absolute Gasteiger partial charge is 0.229 e. The molecule has 3 aromatic rings. The fourth-order valence-corrected chi connectivity index (χ4v) is 4.06. The molecule has 0 radical (unpaired) electrons. The summed E-state index contributed by atoms with van der Waals surface area (Å²) in [5.74, 6) is -0.552. The predicted octanol–water partition coefficient (Wildman–Crippen LogP) is 3.20. The Hall–Kier alpha value is -3.22. The van der Waals surface area contributed by atoms with E-state index in [1.807, 2.05) is 38.1 Å². The standard InChI is InChI=1S/C23H24FN3O3/c1-15-16(2)27(23(29)14-20-18-8-4-6-10-21(18)30-25-20)12-11-26(15)22(28)13-17-7-3-5-9-19(17)24/h3-10,15-16H,11-14H2,1-2H3/t15-,16-/m1/s1. The van der Waals surface area contributed by atoms with Gasteiger partial charge in [-0.25, -0.2) is 4.39 Å². The van der Waals surface area contributed by atoms with E-state index in [1.165, 1.54) is 6.07 Å². The Morgan fingerprint density at radius 1 is 0.967 bits per heavy atom. The molecule has 1 saturated heterocycles. The van der Waals surface area contributed by atoms with Gasteiger partial charge in [0.15, 0.2) is 5.58 Å². The molecular weight excluding hydrogens is 385 g/mol. The Bertz CT molecular complexity index is 1080. The van der Waals surface area contributed by atoms with Crippen LogP contribution in [0.1, 0.15) is 25.1 Å². The molecular formula is C23H24FN3O3. The summed E-state index contributed by atoms with van der Waals surface area (Å²) >= 11 is 0. The van der Waals surface area contributed by atoms with Crippen molar-refractivity contribution in [3.63, 3.8) is 0 Å². The van der Waals surface area contributed by atoms with Gasteiger partial charge in [-0.05, 0) is 37.6 Å². The zero-order valence-electron chi connectivity index (χ0n) is 17.0. The van der Waals surface area contributed by atoms with Crippen LogP contribution in [0.4, 0.5) is 4.39 Å². The van der Waals surface area contributed by atoms with Crippen molar-refractivity contribution in [1.82, 2.24) is 15.0 Å². The Balaban J connectivity index is 1.42. The third-order valence-corrected chi connectivity index (χ3v) is 5.97. The second kappa shape index (κ2) is 8.26. The monoisotopic (exact) mass is 409 g/mol. The van der Waals surface area contributed by atoms with E-state index in [9.17, 15) is 14.0 Å². The zero-order valence-corrected chi connectivity index (χ0v) is 17.0. The van der Waals surface area contributed by atoms with E-state index in [-0.39, 0.29) is 42.6 Å². The molecule has 6 nitrogen and oxygen atoms in total. The number of carbonyl (C=O) groups is 2. The molecule has 1 aliphatic heterocycles. The summed E-state index contributed by atoms with van der Waals surface area (Å²) in [6, 6.07) is 13.4. The molecule has 1 aromatic heterocycles. The largest absolute Gasteiger partial charge is 0.356 e. The fraction of sp³-hybridized carbons (Fsp3) is 0.348. The van der Waals surface area contributed by atoms with E-state index in [4.69, 9.17) is 4.52 Å². The molecule has 2 heterocycles. The van der Waals surface area contributed by atoms with E-state index >= 15 is 0 Å². The summed E-state index contributed by atoms with van der Waals surface area (Å²) in [5.41, 5.74) is 1.66. The van der Waals surface area contributed by atoms with E-state index < -0.39 is 0 Å². The van der Waals surface area contributed by atoms with Crippen LogP contribution in [0.15, 0.2) is 53.1 Å². The highest BCUT2D eigenvalue weighted by Gasteiger charge is 2.36. The van der Waals surface area contributed by atoms with Crippen LogP contribution in [0.2, 0.25) is 0 Å². The molecule has 4 rings (SSSR count). The maximum atomic E-state index is 13.9. The minimum atomic E-state index is -0.375. The number of benzene rings is 2. The molecule has 1 aliphatic rings. The van der Waals surface area contributed by atoms with Gasteiger partial charge in [0.1, 0.15) is 11.5 Å². The van der Waals surface area contributed by atoms with Gasteiger partial charge in [0, 0.05) is 30.6 Å². The highest BCUT2D eigenvalue weighted by molar-refractivity contribution is 5.87. The van der Waals surface area contributed by atoms with Crippen molar-refractivity contribution in [3.8, 4) is 0 Å². The lowest BCUT2D eigenvalue weighted by Gasteiger charge is -2.45. The molecule has 0 bridgehead atoms. The molecule has 30 heavy (non-hydrogen) atoms. The highest BCUT2D eigenvalue weighted by Crippen LogP contribution is 2.22. The second-order valence-electron chi connectivity index (χ2n) is 7.73. The molecule has 0 saturated carbocycles. The fourth-order valence-electron chi connectivity index (χ4n) is 4.06. The summed E-state index contributed by atoms with van der Waals surface area (Å²) in [6.07, 6.45) is 0.167. The van der Waals surface area contributed by atoms with Gasteiger partial charge in [0.05, 0.1) is 12.8 Å². The van der Waals surface area contributed by atoms with E-state index in [2.05, 4.69) is 5.16 Å². The van der Waals surface area contributed by atoms with Gasteiger partial charge < -0.3 is 14.3 Å². The van der Waals surface area contributed by atoms with Crippen molar-refractivity contribution in [2.24, 2.45) is 0 Å². The topological polar surface area (TPSA) is 66.7 Å².